The van der Waals surface area contributed by atoms with E-state index >= 15 is 0 Å². The molecular weight excluding hydrogens is 528 g/mol. The number of hydrogen-bond acceptors (Lipinski definition) is 7. The van der Waals surface area contributed by atoms with E-state index in [1.807, 2.05) is 42.0 Å². The van der Waals surface area contributed by atoms with Crippen molar-refractivity contribution in [3.05, 3.63) is 89.5 Å². The van der Waals surface area contributed by atoms with Crippen LogP contribution in [0.15, 0.2) is 61.2 Å². The van der Waals surface area contributed by atoms with Gasteiger partial charge in [0.25, 0.3) is 0 Å². The van der Waals surface area contributed by atoms with Crippen LogP contribution >= 0.6 is 0 Å². The molecule has 1 aliphatic heterocycles. The number of carbonyl (C=O) groups excluding carboxylic acids is 2. The molecule has 0 bridgehead atoms. The first-order valence-electron chi connectivity index (χ1n) is 14.4. The summed E-state index contributed by atoms with van der Waals surface area (Å²) in [5, 5.41) is 4.56. The van der Waals surface area contributed by atoms with E-state index in [2.05, 4.69) is 50.7 Å². The Bertz CT molecular complexity index is 1910. The summed E-state index contributed by atoms with van der Waals surface area (Å²) in [6.45, 7) is 2.53. The highest BCUT2D eigenvalue weighted by Gasteiger charge is 2.42. The summed E-state index contributed by atoms with van der Waals surface area (Å²) in [6.07, 6.45) is 11.1. The van der Waals surface area contributed by atoms with Gasteiger partial charge in [-0.3, -0.25) is 19.6 Å². The van der Waals surface area contributed by atoms with E-state index in [0.29, 0.717) is 35.6 Å². The van der Waals surface area contributed by atoms with Crippen LogP contribution in [0.5, 0.6) is 0 Å². The van der Waals surface area contributed by atoms with E-state index in [1.165, 1.54) is 28.0 Å². The second-order valence-electron chi connectivity index (χ2n) is 11.8. The van der Waals surface area contributed by atoms with Crippen molar-refractivity contribution in [2.45, 2.75) is 50.5 Å². The molecular formula is C32H30N8O2. The summed E-state index contributed by atoms with van der Waals surface area (Å²) in [4.78, 5) is 46.5. The van der Waals surface area contributed by atoms with E-state index in [0.717, 1.165) is 53.1 Å². The molecule has 1 N–H and O–H groups in total. The van der Waals surface area contributed by atoms with Gasteiger partial charge in [-0.15, -0.1) is 0 Å². The van der Waals surface area contributed by atoms with Gasteiger partial charge in [-0.25, -0.2) is 19.7 Å². The second-order valence-corrected chi connectivity index (χ2v) is 11.8. The van der Waals surface area contributed by atoms with Gasteiger partial charge >= 0.3 is 6.03 Å². The number of amides is 3. The molecule has 3 amide bonds. The molecule has 1 saturated heterocycles. The van der Waals surface area contributed by atoms with E-state index in [-0.39, 0.29) is 18.5 Å². The predicted molar refractivity (Wildman–Crippen MR) is 159 cm³/mol. The maximum atomic E-state index is 12.8. The van der Waals surface area contributed by atoms with Crippen LogP contribution in [0.3, 0.4) is 0 Å². The number of fused-ring (bicyclic) bond motifs is 2. The van der Waals surface area contributed by atoms with Crippen LogP contribution in [0.2, 0.25) is 0 Å². The fourth-order valence-electron chi connectivity index (χ4n) is 6.03. The number of nitrogens with one attached hydrogen (secondary N) is 1. The van der Waals surface area contributed by atoms with Gasteiger partial charge in [-0.05, 0) is 79.5 Å². The molecule has 2 aliphatic carbocycles. The number of benzene rings is 1. The van der Waals surface area contributed by atoms with E-state index in [1.54, 1.807) is 0 Å². The van der Waals surface area contributed by atoms with Gasteiger partial charge < -0.3 is 9.72 Å². The molecule has 10 heteroatoms. The Morgan fingerprint density at radius 3 is 2.64 bits per heavy atom. The minimum atomic E-state index is -0.317. The summed E-state index contributed by atoms with van der Waals surface area (Å²) in [7, 11) is 1.52. The largest absolute Gasteiger partial charge is 0.378 e. The number of nitrogens with zero attached hydrogens (tertiary/aromatic N) is 7. The number of likely N-dealkylation sites (N-methyl/N-ethyl adjacent to an activating group) is 1. The highest BCUT2D eigenvalue weighted by atomic mass is 16.2. The molecule has 10 nitrogen and oxygen atoms in total. The van der Waals surface area contributed by atoms with Crippen LogP contribution in [-0.4, -0.2) is 54.8 Å². The highest BCUT2D eigenvalue weighted by Crippen LogP contribution is 2.53. The zero-order chi connectivity index (χ0) is 28.5. The summed E-state index contributed by atoms with van der Waals surface area (Å²) in [6, 6.07) is 12.3. The topological polar surface area (TPSA) is 109 Å². The molecule has 4 aromatic heterocycles. The Hall–Kier alpha value is -4.86. The lowest BCUT2D eigenvalue weighted by Crippen LogP contribution is -2.30. The fourth-order valence-corrected chi connectivity index (χ4v) is 6.03. The lowest BCUT2D eigenvalue weighted by Gasteiger charge is -2.17. The first-order chi connectivity index (χ1) is 20.4. The van der Waals surface area contributed by atoms with E-state index in [9.17, 15) is 9.59 Å². The summed E-state index contributed by atoms with van der Waals surface area (Å²) in [5.41, 5.74) is 7.51. The molecule has 5 aromatic rings. The minimum absolute atomic E-state index is 0.0317. The van der Waals surface area contributed by atoms with E-state index in [4.69, 9.17) is 4.98 Å². The van der Waals surface area contributed by atoms with Crippen molar-refractivity contribution in [1.82, 2.24) is 29.2 Å². The molecule has 0 radical (unpaired) electrons. The van der Waals surface area contributed by atoms with Crippen molar-refractivity contribution < 1.29 is 9.59 Å². The number of carbonyl (C=O) groups is 2. The normalized spacial score (nSPS) is 20.2. The standard InChI is InChI=1S/C32H30N8O2/c1-18-7-8-33-30(36-18)26-12-25(26)20-5-6-27-21(9-20)10-23(13-35-27)34-14-24-16-39-15-22(19-3-4-19)11-28(31(39)37-24)40-17-29(41)38(2)32(40)42/h5-11,13,15-16,19,25-26,34H,3-4,12,14,17H2,1-2H3/t25-,26+/m1/s1. The van der Waals surface area contributed by atoms with Gasteiger partial charge in [-0.2, -0.15) is 0 Å². The molecule has 3 aliphatic rings. The number of imidazole rings is 1. The molecule has 1 aromatic carbocycles. The SMILES string of the molecule is Cc1ccnc([C@H]2C[C@@H]2c2ccc3ncc(NCc4cn5cc(C6CC6)cc(N6CC(=O)N(C)C6=O)c5n4)cc3c2)n1. The number of aromatic nitrogens is 5. The monoisotopic (exact) mass is 558 g/mol. The van der Waals surface area contributed by atoms with Gasteiger partial charge in [-0.1, -0.05) is 6.07 Å². The van der Waals surface area contributed by atoms with Gasteiger partial charge in [0.1, 0.15) is 12.4 Å². The minimum Gasteiger partial charge on any atom is -0.378 e. The number of anilines is 2. The summed E-state index contributed by atoms with van der Waals surface area (Å²) < 4.78 is 1.99. The van der Waals surface area contributed by atoms with Crippen molar-refractivity contribution in [1.29, 1.82) is 0 Å². The number of urea groups is 1. The Labute approximate surface area is 242 Å². The lowest BCUT2D eigenvalue weighted by atomic mass is 10.1. The fraction of sp³-hybridized carbons (Fsp3) is 0.312. The number of imide groups is 1. The Kier molecular flexibility index (Phi) is 5.53. The summed E-state index contributed by atoms with van der Waals surface area (Å²) >= 11 is 0. The van der Waals surface area contributed by atoms with Gasteiger partial charge in [0.05, 0.1) is 35.3 Å². The molecule has 3 fully saturated rings. The Morgan fingerprint density at radius 1 is 0.976 bits per heavy atom. The number of aryl methyl sites for hydroxylation is 1. The van der Waals surface area contributed by atoms with Crippen LogP contribution in [0.4, 0.5) is 16.2 Å². The Balaban J connectivity index is 1.04. The van der Waals surface area contributed by atoms with Gasteiger partial charge in [0, 0.05) is 42.6 Å². The van der Waals surface area contributed by atoms with Gasteiger partial charge in [0.2, 0.25) is 5.91 Å². The quantitative estimate of drug-likeness (QED) is 0.276. The highest BCUT2D eigenvalue weighted by molar-refractivity contribution is 6.13. The zero-order valence-electron chi connectivity index (χ0n) is 23.5. The maximum Gasteiger partial charge on any atom is 0.331 e. The van der Waals surface area contributed by atoms with Crippen LogP contribution < -0.4 is 10.2 Å². The second kappa shape index (κ2) is 9.34. The number of pyridine rings is 2. The molecule has 0 spiro atoms. The van der Waals surface area contributed by atoms with Crippen molar-refractivity contribution >= 4 is 39.9 Å². The molecule has 210 valence electrons. The lowest BCUT2D eigenvalue weighted by molar-refractivity contribution is -0.123. The molecule has 2 atom stereocenters. The van der Waals surface area contributed by atoms with Crippen LogP contribution in [-0.2, 0) is 11.3 Å². The van der Waals surface area contributed by atoms with E-state index < -0.39 is 0 Å². The van der Waals surface area contributed by atoms with Crippen LogP contribution in [0.25, 0.3) is 16.6 Å². The number of rotatable bonds is 7. The smallest absolute Gasteiger partial charge is 0.331 e. The Morgan fingerprint density at radius 2 is 1.86 bits per heavy atom. The van der Waals surface area contributed by atoms with Gasteiger partial charge in [0.15, 0.2) is 5.65 Å². The average molecular weight is 559 g/mol. The molecule has 42 heavy (non-hydrogen) atoms. The first kappa shape index (κ1) is 24.9. The molecule has 2 saturated carbocycles. The predicted octanol–water partition coefficient (Wildman–Crippen LogP) is 5.14. The third kappa shape index (κ3) is 4.34. The van der Waals surface area contributed by atoms with Crippen molar-refractivity contribution in [2.75, 3.05) is 23.8 Å². The van der Waals surface area contributed by atoms with Crippen molar-refractivity contribution in [2.24, 2.45) is 0 Å². The summed E-state index contributed by atoms with van der Waals surface area (Å²) in [5.74, 6) is 2.01. The van der Waals surface area contributed by atoms with Crippen LogP contribution in [0.1, 0.15) is 65.4 Å². The first-order valence-corrected chi connectivity index (χ1v) is 14.4. The molecule has 5 heterocycles. The number of hydrogen-bond donors (Lipinski definition) is 1. The third-order valence-electron chi connectivity index (χ3n) is 8.67. The maximum absolute atomic E-state index is 12.8. The van der Waals surface area contributed by atoms with Crippen LogP contribution in [0, 0.1) is 6.92 Å². The van der Waals surface area contributed by atoms with Crippen molar-refractivity contribution in [3.63, 3.8) is 0 Å². The molecule has 0 unspecified atom stereocenters. The average Bonchev–Trinajstić information content (AvgIpc) is 3.92. The zero-order valence-corrected chi connectivity index (χ0v) is 23.5. The third-order valence-corrected chi connectivity index (χ3v) is 8.67. The molecule has 8 rings (SSSR count). The van der Waals surface area contributed by atoms with Crippen molar-refractivity contribution in [3.8, 4) is 0 Å².